The van der Waals surface area contributed by atoms with E-state index in [1.54, 1.807) is 6.07 Å². The fraction of sp³-hybridized carbons (Fsp3) is 0.263. The predicted octanol–water partition coefficient (Wildman–Crippen LogP) is 1.64. The molecular formula is C19H21FN4O5S. The molecule has 1 heterocycles. The van der Waals surface area contributed by atoms with Crippen LogP contribution in [0.3, 0.4) is 0 Å². The molecule has 1 aromatic carbocycles. The number of carbonyl (C=O) groups is 1. The second kappa shape index (κ2) is 9.53. The third-order valence-electron chi connectivity index (χ3n) is 4.10. The van der Waals surface area contributed by atoms with Crippen molar-refractivity contribution in [3.8, 4) is 11.8 Å². The van der Waals surface area contributed by atoms with Crippen LogP contribution in [0.25, 0.3) is 0 Å². The molecule has 0 radical (unpaired) electrons. The summed E-state index contributed by atoms with van der Waals surface area (Å²) in [6, 6.07) is 5.08. The number of aryl methyl sites for hydroxylation is 1. The van der Waals surface area contributed by atoms with Gasteiger partial charge in [0.05, 0.1) is 18.3 Å². The molecule has 9 nitrogen and oxygen atoms in total. The molecule has 0 saturated heterocycles. The summed E-state index contributed by atoms with van der Waals surface area (Å²) >= 11 is 0. The topological polar surface area (TPSA) is 147 Å². The number of nitriles is 1. The lowest BCUT2D eigenvalue weighted by Gasteiger charge is -2.13. The molecule has 0 fully saturated rings. The lowest BCUT2D eigenvalue weighted by molar-refractivity contribution is 0.101. The highest BCUT2D eigenvalue weighted by Gasteiger charge is 2.28. The summed E-state index contributed by atoms with van der Waals surface area (Å²) in [4.78, 5) is 12.4. The van der Waals surface area contributed by atoms with Gasteiger partial charge in [-0.25, -0.2) is 17.9 Å². The van der Waals surface area contributed by atoms with E-state index >= 15 is 0 Å². The van der Waals surface area contributed by atoms with Crippen LogP contribution in [-0.4, -0.2) is 36.7 Å². The predicted molar refractivity (Wildman–Crippen MR) is 107 cm³/mol. The number of primary sulfonamides is 1. The van der Waals surface area contributed by atoms with Crippen LogP contribution in [0, 0.1) is 17.1 Å². The number of anilines is 1. The molecule has 0 aliphatic heterocycles. The van der Waals surface area contributed by atoms with Crippen molar-refractivity contribution in [2.24, 2.45) is 12.2 Å². The summed E-state index contributed by atoms with van der Waals surface area (Å²) < 4.78 is 44.1. The Morgan fingerprint density at radius 1 is 1.53 bits per heavy atom. The van der Waals surface area contributed by atoms with E-state index in [2.05, 4.69) is 11.9 Å². The Balaban J connectivity index is 2.36. The molecule has 1 atom stereocenters. The lowest BCUT2D eigenvalue weighted by atomic mass is 10.2. The molecule has 1 amide bonds. The van der Waals surface area contributed by atoms with Gasteiger partial charge in [0.25, 0.3) is 5.91 Å². The Hall–Kier alpha value is -3.20. The van der Waals surface area contributed by atoms with Gasteiger partial charge in [0.2, 0.25) is 10.0 Å². The number of aromatic nitrogens is 1. The number of nitrogens with two attached hydrogens (primary N) is 1. The molecular weight excluding hydrogens is 415 g/mol. The third-order valence-corrected chi connectivity index (χ3v) is 5.01. The zero-order valence-corrected chi connectivity index (χ0v) is 16.9. The van der Waals surface area contributed by atoms with Crippen LogP contribution in [0.5, 0.6) is 5.75 Å². The summed E-state index contributed by atoms with van der Waals surface area (Å²) in [6.45, 7) is 3.43. The smallest absolute Gasteiger partial charge is 0.276 e. The fourth-order valence-corrected chi connectivity index (χ4v) is 3.39. The van der Waals surface area contributed by atoms with Crippen LogP contribution in [0.2, 0.25) is 0 Å². The van der Waals surface area contributed by atoms with Gasteiger partial charge < -0.3 is 19.7 Å². The Bertz CT molecular complexity index is 1100. The highest BCUT2D eigenvalue weighted by atomic mass is 32.2. The number of amides is 1. The second-order valence-electron chi connectivity index (χ2n) is 6.40. The molecule has 30 heavy (non-hydrogen) atoms. The molecule has 2 aromatic rings. The third kappa shape index (κ3) is 5.44. The lowest BCUT2D eigenvalue weighted by Crippen LogP contribution is -2.19. The van der Waals surface area contributed by atoms with E-state index < -0.39 is 32.7 Å². The van der Waals surface area contributed by atoms with E-state index in [0.717, 1.165) is 18.3 Å². The SMILES string of the molecule is C=CC[C@H](O)CCOc1c(S(N)(=O)=O)cn(C)c1C(=O)Nc1ccc(F)c(C#N)c1. The Morgan fingerprint density at radius 2 is 2.23 bits per heavy atom. The van der Waals surface area contributed by atoms with Crippen LogP contribution >= 0.6 is 0 Å². The number of carbonyl (C=O) groups excluding carboxylic acids is 1. The second-order valence-corrected chi connectivity index (χ2v) is 7.93. The monoisotopic (exact) mass is 436 g/mol. The average molecular weight is 436 g/mol. The van der Waals surface area contributed by atoms with Gasteiger partial charge in [-0.3, -0.25) is 4.79 Å². The van der Waals surface area contributed by atoms with Gasteiger partial charge in [-0.1, -0.05) is 6.08 Å². The maximum Gasteiger partial charge on any atom is 0.276 e. The Morgan fingerprint density at radius 3 is 2.83 bits per heavy atom. The van der Waals surface area contributed by atoms with Gasteiger partial charge >= 0.3 is 0 Å². The minimum Gasteiger partial charge on any atom is -0.490 e. The first kappa shape index (κ1) is 23.1. The summed E-state index contributed by atoms with van der Waals surface area (Å²) in [5.74, 6) is -1.77. The molecule has 0 unspecified atom stereocenters. The van der Waals surface area contributed by atoms with Crippen molar-refractivity contribution in [1.82, 2.24) is 4.57 Å². The first-order chi connectivity index (χ1) is 14.1. The molecule has 0 aliphatic carbocycles. The van der Waals surface area contributed by atoms with E-state index in [1.807, 2.05) is 0 Å². The van der Waals surface area contributed by atoms with Crippen LogP contribution in [-0.2, 0) is 17.1 Å². The zero-order chi connectivity index (χ0) is 22.5. The standard InChI is InChI=1S/C19H21FN4O5S/c1-3-4-14(25)7-8-29-18-16(30(22,27)28)11-24(2)17(18)19(26)23-13-5-6-15(20)12(9-13)10-21/h3,5-6,9,11,14,25H,1,4,7-8H2,2H3,(H,23,26)(H2,22,27,28)/t14-/m0/s1. The Labute approximate surface area is 173 Å². The minimum absolute atomic E-state index is 0.0864. The van der Waals surface area contributed by atoms with Crippen molar-refractivity contribution in [2.75, 3.05) is 11.9 Å². The van der Waals surface area contributed by atoms with E-state index in [1.165, 1.54) is 23.8 Å². The number of aliphatic hydroxyl groups excluding tert-OH is 1. The van der Waals surface area contributed by atoms with Gasteiger partial charge in [0, 0.05) is 25.4 Å². The highest BCUT2D eigenvalue weighted by molar-refractivity contribution is 7.89. The van der Waals surface area contributed by atoms with E-state index in [-0.39, 0.29) is 35.7 Å². The number of nitrogens with one attached hydrogen (secondary N) is 1. The summed E-state index contributed by atoms with van der Waals surface area (Å²) in [5.41, 5.74) is -0.290. The number of sulfonamides is 1. The number of benzene rings is 1. The molecule has 4 N–H and O–H groups in total. The number of nitrogens with zero attached hydrogens (tertiary/aromatic N) is 2. The maximum absolute atomic E-state index is 13.5. The summed E-state index contributed by atoms with van der Waals surface area (Å²) in [6.07, 6.45) is 2.39. The van der Waals surface area contributed by atoms with Crippen LogP contribution in [0.4, 0.5) is 10.1 Å². The van der Waals surface area contributed by atoms with E-state index in [4.69, 9.17) is 15.1 Å². The quantitative estimate of drug-likeness (QED) is 0.509. The normalized spacial score (nSPS) is 12.1. The minimum atomic E-state index is -4.22. The van der Waals surface area contributed by atoms with Gasteiger partial charge in [0.1, 0.15) is 16.8 Å². The number of rotatable bonds is 9. The van der Waals surface area contributed by atoms with Crippen LogP contribution in [0.15, 0.2) is 41.9 Å². The molecule has 0 aliphatic rings. The van der Waals surface area contributed by atoms with Crippen LogP contribution < -0.4 is 15.2 Å². The van der Waals surface area contributed by atoms with Crippen molar-refractivity contribution in [2.45, 2.75) is 23.8 Å². The molecule has 2 rings (SSSR count). The first-order valence-electron chi connectivity index (χ1n) is 8.73. The molecule has 0 bridgehead atoms. The molecule has 160 valence electrons. The number of halogens is 1. The van der Waals surface area contributed by atoms with Gasteiger partial charge in [-0.2, -0.15) is 5.26 Å². The molecule has 0 saturated carbocycles. The number of hydrogen-bond acceptors (Lipinski definition) is 6. The van der Waals surface area contributed by atoms with Crippen molar-refractivity contribution in [1.29, 1.82) is 5.26 Å². The summed E-state index contributed by atoms with van der Waals surface area (Å²) in [7, 11) is -2.79. The van der Waals surface area contributed by atoms with Crippen molar-refractivity contribution < 1.29 is 27.4 Å². The number of hydrogen-bond donors (Lipinski definition) is 3. The van der Waals surface area contributed by atoms with E-state index in [9.17, 15) is 22.7 Å². The van der Waals surface area contributed by atoms with Crippen LogP contribution in [0.1, 0.15) is 28.9 Å². The number of ether oxygens (including phenoxy) is 1. The zero-order valence-electron chi connectivity index (χ0n) is 16.1. The largest absolute Gasteiger partial charge is 0.490 e. The van der Waals surface area contributed by atoms with Gasteiger partial charge in [-0.15, -0.1) is 6.58 Å². The maximum atomic E-state index is 13.5. The van der Waals surface area contributed by atoms with Gasteiger partial charge in [-0.05, 0) is 24.6 Å². The Kier molecular flexibility index (Phi) is 7.33. The highest BCUT2D eigenvalue weighted by Crippen LogP contribution is 2.30. The fourth-order valence-electron chi connectivity index (χ4n) is 2.67. The molecule has 0 spiro atoms. The van der Waals surface area contributed by atoms with Crippen molar-refractivity contribution >= 4 is 21.6 Å². The van der Waals surface area contributed by atoms with Gasteiger partial charge in [0.15, 0.2) is 11.4 Å². The van der Waals surface area contributed by atoms with E-state index in [0.29, 0.717) is 6.42 Å². The number of aliphatic hydroxyl groups is 1. The first-order valence-corrected chi connectivity index (χ1v) is 10.3. The molecule has 1 aromatic heterocycles. The van der Waals surface area contributed by atoms with Crippen molar-refractivity contribution in [3.05, 3.63) is 54.1 Å². The molecule has 11 heteroatoms. The summed E-state index contributed by atoms with van der Waals surface area (Å²) in [5, 5.41) is 26.4. The average Bonchev–Trinajstić information content (AvgIpc) is 3.00. The van der Waals surface area contributed by atoms with Crippen molar-refractivity contribution in [3.63, 3.8) is 0 Å².